The van der Waals surface area contributed by atoms with Crippen LogP contribution in [0.25, 0.3) is 0 Å². The van der Waals surface area contributed by atoms with Crippen molar-refractivity contribution in [2.75, 3.05) is 67.0 Å². The van der Waals surface area contributed by atoms with Crippen LogP contribution in [0.5, 0.6) is 0 Å². The average Bonchev–Trinajstić information content (AvgIpc) is 2.86. The van der Waals surface area contributed by atoms with Crippen molar-refractivity contribution < 1.29 is 33.3 Å². The largest absolute Gasteiger partial charge is 0.382 e. The molecule has 1 atom stereocenters. The summed E-state index contributed by atoms with van der Waals surface area (Å²) in [5.74, 6) is -0.128. The number of nitrogens with one attached hydrogen (secondary N) is 4. The average molecular weight is 503 g/mol. The van der Waals surface area contributed by atoms with Crippen LogP contribution < -0.4 is 21.3 Å². The first-order chi connectivity index (χ1) is 17.0. The smallest absolute Gasteiger partial charge is 0.237 e. The highest BCUT2D eigenvalue weighted by Crippen LogP contribution is 2.19. The molecule has 0 spiro atoms. The van der Waals surface area contributed by atoms with Gasteiger partial charge in [0.05, 0.1) is 52.3 Å². The molecule has 0 radical (unpaired) electrons. The second kappa shape index (κ2) is 20.4. The molecule has 204 valence electrons. The Labute approximate surface area is 209 Å². The summed E-state index contributed by atoms with van der Waals surface area (Å²) >= 11 is 0. The predicted molar refractivity (Wildman–Crippen MR) is 132 cm³/mol. The Morgan fingerprint density at radius 2 is 1.31 bits per heavy atom. The van der Waals surface area contributed by atoms with Crippen molar-refractivity contribution in [1.29, 1.82) is 0 Å². The fourth-order valence-electron chi connectivity index (χ4n) is 3.75. The molecule has 0 aliphatic heterocycles. The van der Waals surface area contributed by atoms with Crippen LogP contribution in [0.2, 0.25) is 0 Å². The van der Waals surface area contributed by atoms with Crippen molar-refractivity contribution in [3.63, 3.8) is 0 Å². The molecule has 0 unspecified atom stereocenters. The van der Waals surface area contributed by atoms with Gasteiger partial charge in [0.2, 0.25) is 17.7 Å². The first kappa shape index (κ1) is 31.2. The van der Waals surface area contributed by atoms with Gasteiger partial charge in [0.15, 0.2) is 0 Å². The highest BCUT2D eigenvalue weighted by atomic mass is 16.6. The van der Waals surface area contributed by atoms with E-state index in [1.165, 1.54) is 0 Å². The van der Waals surface area contributed by atoms with E-state index in [1.54, 1.807) is 14.2 Å². The summed E-state index contributed by atoms with van der Waals surface area (Å²) in [6.45, 7) is 5.66. The van der Waals surface area contributed by atoms with E-state index in [0.717, 1.165) is 25.7 Å². The van der Waals surface area contributed by atoms with Crippen LogP contribution in [0.3, 0.4) is 0 Å². The van der Waals surface area contributed by atoms with E-state index in [-0.39, 0.29) is 36.2 Å². The molecule has 1 fully saturated rings. The van der Waals surface area contributed by atoms with Crippen LogP contribution in [0.1, 0.15) is 51.9 Å². The molecule has 11 nitrogen and oxygen atoms in total. The van der Waals surface area contributed by atoms with E-state index in [9.17, 15) is 14.4 Å². The summed E-state index contributed by atoms with van der Waals surface area (Å²) in [4.78, 5) is 36.2. The maximum Gasteiger partial charge on any atom is 0.237 e. The fourth-order valence-corrected chi connectivity index (χ4v) is 3.75. The van der Waals surface area contributed by atoms with E-state index in [4.69, 9.17) is 18.9 Å². The van der Waals surface area contributed by atoms with Crippen molar-refractivity contribution in [1.82, 2.24) is 21.3 Å². The van der Waals surface area contributed by atoms with Crippen LogP contribution in [0, 0.1) is 0 Å². The topological polar surface area (TPSA) is 136 Å². The zero-order chi connectivity index (χ0) is 25.7. The second-order valence-corrected chi connectivity index (χ2v) is 8.54. The minimum Gasteiger partial charge on any atom is -0.382 e. The van der Waals surface area contributed by atoms with Gasteiger partial charge in [0.1, 0.15) is 0 Å². The maximum absolute atomic E-state index is 12.4. The monoisotopic (exact) mass is 502 g/mol. The van der Waals surface area contributed by atoms with Crippen LogP contribution in [-0.2, 0) is 33.3 Å². The summed E-state index contributed by atoms with van der Waals surface area (Å²) in [6.07, 6.45) is 4.62. The standard InChI is InChI=1S/C24H46N4O7/c1-4-22(29)27-19-5-7-20(8-6-19)28-23(30)10-9-21(25-2)24(31)26-11-12-33-15-16-35-18-17-34-14-13-32-3/h19-21,25H,4-18H2,1-3H3,(H,26,31)(H,27,29)(H,28,30)/t19?,20?,21-/m0/s1. The number of carbonyl (C=O) groups is 3. The number of methoxy groups -OCH3 is 1. The van der Waals surface area contributed by atoms with Crippen LogP contribution >= 0.6 is 0 Å². The Morgan fingerprint density at radius 1 is 0.800 bits per heavy atom. The molecular weight excluding hydrogens is 456 g/mol. The van der Waals surface area contributed by atoms with E-state index >= 15 is 0 Å². The van der Waals surface area contributed by atoms with E-state index < -0.39 is 6.04 Å². The summed E-state index contributed by atoms with van der Waals surface area (Å²) in [7, 11) is 3.34. The minimum absolute atomic E-state index is 0.0495. The van der Waals surface area contributed by atoms with E-state index in [1.807, 2.05) is 6.92 Å². The van der Waals surface area contributed by atoms with Crippen LogP contribution in [0.15, 0.2) is 0 Å². The molecule has 3 amide bonds. The highest BCUT2D eigenvalue weighted by molar-refractivity contribution is 5.83. The Hall–Kier alpha value is -1.79. The highest BCUT2D eigenvalue weighted by Gasteiger charge is 2.24. The Morgan fingerprint density at radius 3 is 1.83 bits per heavy atom. The lowest BCUT2D eigenvalue weighted by Gasteiger charge is -2.29. The number of amides is 3. The quantitative estimate of drug-likeness (QED) is 0.172. The number of hydrogen-bond acceptors (Lipinski definition) is 8. The van der Waals surface area contributed by atoms with Gasteiger partial charge in [0, 0.05) is 38.6 Å². The van der Waals surface area contributed by atoms with Gasteiger partial charge in [-0.1, -0.05) is 6.92 Å². The van der Waals surface area contributed by atoms with Gasteiger partial charge in [-0.3, -0.25) is 14.4 Å². The maximum atomic E-state index is 12.4. The number of likely N-dealkylation sites (N-methyl/N-ethyl adjacent to an activating group) is 1. The Balaban J connectivity index is 2.06. The zero-order valence-electron chi connectivity index (χ0n) is 21.7. The summed E-state index contributed by atoms with van der Waals surface area (Å²) in [5.41, 5.74) is 0. The fraction of sp³-hybridized carbons (Fsp3) is 0.875. The normalized spacial score (nSPS) is 18.6. The van der Waals surface area contributed by atoms with Gasteiger partial charge in [-0.2, -0.15) is 0 Å². The van der Waals surface area contributed by atoms with Crippen LogP contribution in [0.4, 0.5) is 0 Å². The third-order valence-electron chi connectivity index (χ3n) is 5.82. The lowest BCUT2D eigenvalue weighted by atomic mass is 9.91. The van der Waals surface area contributed by atoms with Crippen molar-refractivity contribution >= 4 is 17.7 Å². The number of ether oxygens (including phenoxy) is 4. The van der Waals surface area contributed by atoms with Crippen molar-refractivity contribution in [3.8, 4) is 0 Å². The van der Waals surface area contributed by atoms with Gasteiger partial charge < -0.3 is 40.2 Å². The lowest BCUT2D eigenvalue weighted by Crippen LogP contribution is -2.45. The lowest BCUT2D eigenvalue weighted by molar-refractivity contribution is -0.125. The van der Waals surface area contributed by atoms with Gasteiger partial charge in [-0.05, 0) is 39.2 Å². The number of carbonyl (C=O) groups excluding carboxylic acids is 3. The molecule has 11 heteroatoms. The van der Waals surface area contributed by atoms with Gasteiger partial charge >= 0.3 is 0 Å². The Kier molecular flexibility index (Phi) is 18.2. The number of rotatable bonds is 20. The molecule has 1 aliphatic rings. The van der Waals surface area contributed by atoms with E-state index in [0.29, 0.717) is 65.6 Å². The molecule has 4 N–H and O–H groups in total. The first-order valence-corrected chi connectivity index (χ1v) is 12.8. The molecule has 0 aromatic carbocycles. The molecule has 1 saturated carbocycles. The summed E-state index contributed by atoms with van der Waals surface area (Å²) in [5, 5.41) is 11.9. The number of hydrogen-bond donors (Lipinski definition) is 4. The zero-order valence-corrected chi connectivity index (χ0v) is 21.7. The SMILES string of the molecule is CCC(=O)NC1CCC(NC(=O)CC[C@H](NC)C(=O)NCCOCCOCCOCCOC)CC1. The molecule has 0 aromatic heterocycles. The van der Waals surface area contributed by atoms with Crippen molar-refractivity contribution in [2.24, 2.45) is 0 Å². The van der Waals surface area contributed by atoms with Crippen molar-refractivity contribution in [2.45, 2.75) is 70.0 Å². The minimum atomic E-state index is -0.442. The molecule has 1 rings (SSSR count). The van der Waals surface area contributed by atoms with E-state index in [2.05, 4.69) is 21.3 Å². The summed E-state index contributed by atoms with van der Waals surface area (Å²) in [6, 6.07) is -0.110. The molecule has 0 heterocycles. The van der Waals surface area contributed by atoms with Crippen LogP contribution in [-0.4, -0.2) is 103 Å². The second-order valence-electron chi connectivity index (χ2n) is 8.54. The molecule has 0 saturated heterocycles. The Bertz CT molecular complexity index is 586. The summed E-state index contributed by atoms with van der Waals surface area (Å²) < 4.78 is 21.0. The molecule has 35 heavy (non-hydrogen) atoms. The predicted octanol–water partition coefficient (Wildman–Crippen LogP) is 0.121. The molecule has 0 bridgehead atoms. The molecule has 0 aromatic rings. The van der Waals surface area contributed by atoms with Gasteiger partial charge in [-0.25, -0.2) is 0 Å². The first-order valence-electron chi connectivity index (χ1n) is 12.8. The molecule has 1 aliphatic carbocycles. The van der Waals surface area contributed by atoms with Gasteiger partial charge in [-0.15, -0.1) is 0 Å². The molecular formula is C24H46N4O7. The third-order valence-corrected chi connectivity index (χ3v) is 5.82. The van der Waals surface area contributed by atoms with Gasteiger partial charge in [0.25, 0.3) is 0 Å². The van der Waals surface area contributed by atoms with Crippen molar-refractivity contribution in [3.05, 3.63) is 0 Å². The third kappa shape index (κ3) is 15.7.